The molecule has 1 aromatic rings. The van der Waals surface area contributed by atoms with Crippen molar-refractivity contribution in [1.82, 2.24) is 14.9 Å². The highest BCUT2D eigenvalue weighted by Crippen LogP contribution is 2.31. The highest BCUT2D eigenvalue weighted by molar-refractivity contribution is 5.90. The van der Waals surface area contributed by atoms with E-state index >= 15 is 0 Å². The molecule has 0 aromatic carbocycles. The third kappa shape index (κ3) is 4.12. The molecule has 0 bridgehead atoms. The Morgan fingerprint density at radius 1 is 1.42 bits per heavy atom. The number of aromatic nitrogens is 2. The summed E-state index contributed by atoms with van der Waals surface area (Å²) in [7, 11) is 3.18. The number of aryl methyl sites for hydroxylation is 2. The van der Waals surface area contributed by atoms with E-state index in [0.29, 0.717) is 25.8 Å². The topological polar surface area (TPSA) is 108 Å². The molecular weight excluding hydrogens is 312 g/mol. The van der Waals surface area contributed by atoms with E-state index in [2.05, 4.69) is 10.3 Å². The average molecular weight is 338 g/mol. The Balaban J connectivity index is 1.99. The predicted molar refractivity (Wildman–Crippen MR) is 87.1 cm³/mol. The second-order valence-electron chi connectivity index (χ2n) is 6.29. The van der Waals surface area contributed by atoms with Crippen molar-refractivity contribution in [3.8, 4) is 0 Å². The fourth-order valence-corrected chi connectivity index (χ4v) is 3.21. The Hall–Kier alpha value is -1.93. The highest BCUT2D eigenvalue weighted by atomic mass is 16.5. The number of imidazole rings is 1. The first kappa shape index (κ1) is 18.4. The lowest BCUT2D eigenvalue weighted by molar-refractivity contribution is -0.140. The second kappa shape index (κ2) is 7.76. The van der Waals surface area contributed by atoms with E-state index in [9.17, 15) is 9.59 Å². The van der Waals surface area contributed by atoms with Crippen LogP contribution in [0.15, 0.2) is 12.5 Å². The van der Waals surface area contributed by atoms with Crippen molar-refractivity contribution in [3.05, 3.63) is 18.2 Å². The summed E-state index contributed by atoms with van der Waals surface area (Å²) in [5, 5.41) is 2.84. The fourth-order valence-electron chi connectivity index (χ4n) is 3.21. The summed E-state index contributed by atoms with van der Waals surface area (Å²) in [6.07, 6.45) is 4.75. The summed E-state index contributed by atoms with van der Waals surface area (Å²) >= 11 is 0. The van der Waals surface area contributed by atoms with Gasteiger partial charge in [0.05, 0.1) is 24.2 Å². The molecule has 1 aromatic heterocycles. The van der Waals surface area contributed by atoms with Crippen LogP contribution in [0.2, 0.25) is 0 Å². The van der Waals surface area contributed by atoms with Gasteiger partial charge in [0.2, 0.25) is 11.8 Å². The van der Waals surface area contributed by atoms with Gasteiger partial charge in [0.1, 0.15) is 5.54 Å². The zero-order valence-corrected chi connectivity index (χ0v) is 14.4. The van der Waals surface area contributed by atoms with Crippen molar-refractivity contribution >= 4 is 11.8 Å². The zero-order valence-electron chi connectivity index (χ0n) is 14.4. The number of rotatable bonds is 7. The van der Waals surface area contributed by atoms with E-state index in [4.69, 9.17) is 15.2 Å². The van der Waals surface area contributed by atoms with Crippen molar-refractivity contribution < 1.29 is 19.1 Å². The SMILES string of the molecule is COC1CCC(NC(=O)CCn2cnc(C)c2)(C(N)=O)CC1OC. The lowest BCUT2D eigenvalue weighted by atomic mass is 9.77. The first-order valence-electron chi connectivity index (χ1n) is 8.05. The Labute approximate surface area is 141 Å². The molecular formula is C16H26N4O4. The number of ether oxygens (including phenoxy) is 2. The van der Waals surface area contributed by atoms with Gasteiger partial charge in [-0.2, -0.15) is 0 Å². The van der Waals surface area contributed by atoms with Crippen LogP contribution in [0.25, 0.3) is 0 Å². The third-order valence-corrected chi connectivity index (χ3v) is 4.64. The van der Waals surface area contributed by atoms with Crippen LogP contribution in [0, 0.1) is 6.92 Å². The Bertz CT molecular complexity index is 588. The van der Waals surface area contributed by atoms with E-state index in [1.54, 1.807) is 20.5 Å². The number of carbonyl (C=O) groups is 2. The Morgan fingerprint density at radius 3 is 2.67 bits per heavy atom. The van der Waals surface area contributed by atoms with Crippen molar-refractivity contribution in [1.29, 1.82) is 0 Å². The van der Waals surface area contributed by atoms with Gasteiger partial charge in [-0.15, -0.1) is 0 Å². The smallest absolute Gasteiger partial charge is 0.243 e. The van der Waals surface area contributed by atoms with Crippen molar-refractivity contribution in [2.75, 3.05) is 14.2 Å². The summed E-state index contributed by atoms with van der Waals surface area (Å²) < 4.78 is 12.6. The first-order chi connectivity index (χ1) is 11.4. The number of amides is 2. The van der Waals surface area contributed by atoms with E-state index in [1.165, 1.54) is 0 Å². The predicted octanol–water partition coefficient (Wildman–Crippen LogP) is 0.136. The lowest BCUT2D eigenvalue weighted by Crippen LogP contribution is -2.62. The maximum Gasteiger partial charge on any atom is 0.243 e. The number of carbonyl (C=O) groups excluding carboxylic acids is 2. The monoisotopic (exact) mass is 338 g/mol. The molecule has 1 fully saturated rings. The lowest BCUT2D eigenvalue weighted by Gasteiger charge is -2.42. The number of nitrogens with zero attached hydrogens (tertiary/aromatic N) is 2. The van der Waals surface area contributed by atoms with Crippen LogP contribution in [0.4, 0.5) is 0 Å². The van der Waals surface area contributed by atoms with Crippen LogP contribution in [-0.2, 0) is 25.6 Å². The molecule has 24 heavy (non-hydrogen) atoms. The third-order valence-electron chi connectivity index (χ3n) is 4.64. The van der Waals surface area contributed by atoms with Crippen LogP contribution in [0.5, 0.6) is 0 Å². The van der Waals surface area contributed by atoms with Gasteiger partial charge in [-0.05, 0) is 19.8 Å². The van der Waals surface area contributed by atoms with Crippen molar-refractivity contribution in [3.63, 3.8) is 0 Å². The maximum absolute atomic E-state index is 12.3. The molecule has 3 unspecified atom stereocenters. The minimum atomic E-state index is -1.09. The molecule has 3 N–H and O–H groups in total. The molecule has 0 spiro atoms. The van der Waals surface area contributed by atoms with Gasteiger partial charge in [0, 0.05) is 39.8 Å². The molecule has 2 rings (SSSR count). The van der Waals surface area contributed by atoms with E-state index in [0.717, 1.165) is 5.69 Å². The number of nitrogens with two attached hydrogens (primary N) is 1. The van der Waals surface area contributed by atoms with E-state index in [-0.39, 0.29) is 24.5 Å². The van der Waals surface area contributed by atoms with Crippen molar-refractivity contribution in [2.24, 2.45) is 5.73 Å². The second-order valence-corrected chi connectivity index (χ2v) is 6.29. The van der Waals surface area contributed by atoms with Crippen molar-refractivity contribution in [2.45, 2.75) is 56.9 Å². The maximum atomic E-state index is 12.3. The molecule has 1 aliphatic carbocycles. The first-order valence-corrected chi connectivity index (χ1v) is 8.05. The summed E-state index contributed by atoms with van der Waals surface area (Å²) in [4.78, 5) is 28.5. The molecule has 3 atom stereocenters. The molecule has 8 nitrogen and oxygen atoms in total. The molecule has 1 saturated carbocycles. The summed E-state index contributed by atoms with van der Waals surface area (Å²) in [5.74, 6) is -0.753. The normalized spacial score (nSPS) is 27.0. The van der Waals surface area contributed by atoms with Gasteiger partial charge in [-0.1, -0.05) is 0 Å². The van der Waals surface area contributed by atoms with Crippen LogP contribution in [0.3, 0.4) is 0 Å². The molecule has 134 valence electrons. The van der Waals surface area contributed by atoms with Gasteiger partial charge >= 0.3 is 0 Å². The Morgan fingerprint density at radius 2 is 2.12 bits per heavy atom. The van der Waals surface area contributed by atoms with Crippen LogP contribution in [0.1, 0.15) is 31.4 Å². The quantitative estimate of drug-likeness (QED) is 0.735. The largest absolute Gasteiger partial charge is 0.379 e. The van der Waals surface area contributed by atoms with Crippen LogP contribution in [-0.4, -0.2) is 53.3 Å². The number of hydrogen-bond donors (Lipinski definition) is 2. The molecule has 1 aliphatic rings. The minimum Gasteiger partial charge on any atom is -0.379 e. The molecule has 2 amide bonds. The average Bonchev–Trinajstić information content (AvgIpc) is 2.98. The van der Waals surface area contributed by atoms with Gasteiger partial charge in [0.15, 0.2) is 0 Å². The number of hydrogen-bond acceptors (Lipinski definition) is 5. The zero-order chi connectivity index (χ0) is 17.7. The molecule has 1 heterocycles. The molecule has 8 heteroatoms. The standard InChI is InChI=1S/C16H26N4O4/c1-11-9-20(10-18-11)7-5-14(21)19-16(15(17)22)6-4-12(23-2)13(8-16)24-3/h9-10,12-13H,4-8H2,1-3H3,(H2,17,22)(H,19,21). The van der Waals surface area contributed by atoms with Gasteiger partial charge in [-0.25, -0.2) is 4.98 Å². The molecule has 0 radical (unpaired) electrons. The van der Waals surface area contributed by atoms with Gasteiger partial charge in [0.25, 0.3) is 0 Å². The number of nitrogens with one attached hydrogen (secondary N) is 1. The van der Waals surface area contributed by atoms with Gasteiger partial charge < -0.3 is 25.1 Å². The minimum absolute atomic E-state index is 0.103. The van der Waals surface area contributed by atoms with E-state index < -0.39 is 11.4 Å². The molecule has 0 aliphatic heterocycles. The van der Waals surface area contributed by atoms with Crippen LogP contribution < -0.4 is 11.1 Å². The van der Waals surface area contributed by atoms with E-state index in [1.807, 2.05) is 17.7 Å². The van der Waals surface area contributed by atoms with Crippen LogP contribution >= 0.6 is 0 Å². The highest BCUT2D eigenvalue weighted by Gasteiger charge is 2.46. The Kier molecular flexibility index (Phi) is 5.95. The van der Waals surface area contributed by atoms with Gasteiger partial charge in [-0.3, -0.25) is 9.59 Å². The summed E-state index contributed by atoms with van der Waals surface area (Å²) in [6, 6.07) is 0. The fraction of sp³-hybridized carbons (Fsp3) is 0.688. The number of primary amides is 1. The molecule has 0 saturated heterocycles. The number of methoxy groups -OCH3 is 2. The summed E-state index contributed by atoms with van der Waals surface area (Å²) in [6.45, 7) is 2.38. The summed E-state index contributed by atoms with van der Waals surface area (Å²) in [5.41, 5.74) is 5.41.